The Bertz CT molecular complexity index is 337. The maximum absolute atomic E-state index is 10.4. The summed E-state index contributed by atoms with van der Waals surface area (Å²) in [6.45, 7) is 3.17. The molecule has 0 aliphatic carbocycles. The predicted molar refractivity (Wildman–Crippen MR) is 57.9 cm³/mol. The Hall–Kier alpha value is -0.0600. The van der Waals surface area contributed by atoms with Crippen molar-refractivity contribution in [2.24, 2.45) is 0 Å². The first-order valence-corrected chi connectivity index (χ1v) is 7.79. The first-order chi connectivity index (χ1) is 7.58. The van der Waals surface area contributed by atoms with Crippen molar-refractivity contribution >= 4 is 17.9 Å². The molecule has 1 aliphatic heterocycles. The van der Waals surface area contributed by atoms with E-state index in [0.717, 1.165) is 13.1 Å². The van der Waals surface area contributed by atoms with Crippen molar-refractivity contribution in [3.63, 3.8) is 0 Å². The Balaban J connectivity index is 0.000000437. The average Bonchev–Trinajstić information content (AvgIpc) is 2.13. The van der Waals surface area contributed by atoms with Crippen LogP contribution >= 0.6 is 7.82 Å². The first-order valence-electron chi connectivity index (χ1n) is 4.61. The van der Waals surface area contributed by atoms with Gasteiger partial charge in [0.25, 0.3) is 10.1 Å². The molecule has 0 unspecified atom stereocenters. The van der Waals surface area contributed by atoms with Crippen molar-refractivity contribution in [2.75, 3.05) is 38.6 Å². The molecule has 0 aromatic heterocycles. The Kier molecular flexibility index (Phi) is 7.37. The van der Waals surface area contributed by atoms with Crippen LogP contribution < -0.4 is 0 Å². The molecule has 11 heteroatoms. The second-order valence-electron chi connectivity index (χ2n) is 3.25. The summed E-state index contributed by atoms with van der Waals surface area (Å²) in [7, 11) is -8.44. The van der Waals surface area contributed by atoms with Gasteiger partial charge in [-0.05, 0) is 0 Å². The molecule has 1 heterocycles. The lowest BCUT2D eigenvalue weighted by molar-refractivity contribution is 0.0406. The normalized spacial score (nSPS) is 18.4. The largest absolute Gasteiger partial charge is 0.466 e. The molecule has 0 spiro atoms. The van der Waals surface area contributed by atoms with Crippen LogP contribution in [-0.4, -0.2) is 71.2 Å². The zero-order chi connectivity index (χ0) is 13.5. The van der Waals surface area contributed by atoms with Crippen molar-refractivity contribution in [1.82, 2.24) is 4.90 Å². The molecule has 1 aliphatic rings. The molecule has 9 nitrogen and oxygen atoms in total. The Morgan fingerprint density at radius 1 is 1.18 bits per heavy atom. The van der Waals surface area contributed by atoms with E-state index in [-0.39, 0.29) is 5.75 Å². The summed E-state index contributed by atoms with van der Waals surface area (Å²) in [4.78, 5) is 23.5. The average molecular weight is 293 g/mol. The first kappa shape index (κ1) is 16.9. The fourth-order valence-electron chi connectivity index (χ4n) is 1.07. The van der Waals surface area contributed by atoms with Crippen LogP contribution in [0.2, 0.25) is 0 Å². The molecule has 17 heavy (non-hydrogen) atoms. The van der Waals surface area contributed by atoms with Crippen LogP contribution in [0.1, 0.15) is 0 Å². The minimum absolute atomic E-state index is 0.188. The van der Waals surface area contributed by atoms with E-state index in [2.05, 4.69) is 0 Å². The van der Waals surface area contributed by atoms with E-state index < -0.39 is 17.9 Å². The van der Waals surface area contributed by atoms with Gasteiger partial charge in [0.2, 0.25) is 0 Å². The van der Waals surface area contributed by atoms with Gasteiger partial charge in [0.15, 0.2) is 0 Å². The fraction of sp³-hybridized carbons (Fsp3) is 1.00. The van der Waals surface area contributed by atoms with Gasteiger partial charge < -0.3 is 19.4 Å². The minimum atomic E-state index is -4.64. The molecule has 0 aromatic carbocycles. The van der Waals surface area contributed by atoms with Gasteiger partial charge in [-0.2, -0.15) is 8.42 Å². The minimum Gasteiger partial charge on any atom is -0.379 e. The molecule has 0 atom stereocenters. The van der Waals surface area contributed by atoms with Crippen LogP contribution in [0.15, 0.2) is 0 Å². The van der Waals surface area contributed by atoms with E-state index in [9.17, 15) is 8.42 Å². The summed E-state index contributed by atoms with van der Waals surface area (Å²) in [5.41, 5.74) is 0. The Morgan fingerprint density at radius 3 is 1.94 bits per heavy atom. The Labute approximate surface area is 99.0 Å². The van der Waals surface area contributed by atoms with E-state index in [0.29, 0.717) is 19.8 Å². The summed E-state index contributed by atoms with van der Waals surface area (Å²) >= 11 is 0. The monoisotopic (exact) mass is 293 g/mol. The lowest BCUT2D eigenvalue weighted by atomic mass is 10.4. The molecule has 0 bridgehead atoms. The molecule has 1 saturated heterocycles. The van der Waals surface area contributed by atoms with Crippen molar-refractivity contribution in [2.45, 2.75) is 0 Å². The maximum atomic E-state index is 10.4. The van der Waals surface area contributed by atoms with Crippen molar-refractivity contribution < 1.29 is 37.0 Å². The highest BCUT2D eigenvalue weighted by Crippen LogP contribution is 2.25. The Morgan fingerprint density at radius 2 is 1.59 bits per heavy atom. The van der Waals surface area contributed by atoms with Crippen LogP contribution in [0, 0.1) is 0 Å². The van der Waals surface area contributed by atoms with Gasteiger partial charge >= 0.3 is 7.82 Å². The smallest absolute Gasteiger partial charge is 0.379 e. The molecule has 0 radical (unpaired) electrons. The SMILES string of the molecule is O=P(O)(O)O.O=S(=O)(O)CCN1CCOCC1. The van der Waals surface area contributed by atoms with Crippen LogP contribution in [-0.2, 0) is 19.4 Å². The fourth-order valence-corrected chi connectivity index (χ4v) is 1.56. The van der Waals surface area contributed by atoms with E-state index in [4.69, 9.17) is 28.5 Å². The number of morpholine rings is 1. The standard InChI is InChI=1S/C6H13NO4S.H3O4P/c8-12(9,10)6-3-7-1-4-11-5-2-7;1-5(2,3)4/h1-6H2,(H,8,9,10);(H3,1,2,3,4). The van der Waals surface area contributed by atoms with Gasteiger partial charge in [-0.15, -0.1) is 0 Å². The summed E-state index contributed by atoms with van der Waals surface area (Å²) < 4.78 is 43.2. The number of hydrogen-bond acceptors (Lipinski definition) is 5. The molecular weight excluding hydrogens is 277 g/mol. The molecule has 0 saturated carbocycles. The zero-order valence-electron chi connectivity index (χ0n) is 8.97. The van der Waals surface area contributed by atoms with Gasteiger partial charge in [-0.25, -0.2) is 4.57 Å². The lowest BCUT2D eigenvalue weighted by Crippen LogP contribution is -2.38. The summed E-state index contributed by atoms with van der Waals surface area (Å²) in [6, 6.07) is 0. The highest BCUT2D eigenvalue weighted by atomic mass is 32.2. The van der Waals surface area contributed by atoms with Crippen LogP contribution in [0.25, 0.3) is 0 Å². The van der Waals surface area contributed by atoms with Crippen molar-refractivity contribution in [3.8, 4) is 0 Å². The lowest BCUT2D eigenvalue weighted by Gasteiger charge is -2.25. The molecule has 104 valence electrons. The third kappa shape index (κ3) is 15.9. The molecule has 4 N–H and O–H groups in total. The third-order valence-corrected chi connectivity index (χ3v) is 2.47. The predicted octanol–water partition coefficient (Wildman–Crippen LogP) is -1.72. The maximum Gasteiger partial charge on any atom is 0.466 e. The van der Waals surface area contributed by atoms with Crippen molar-refractivity contribution in [1.29, 1.82) is 0 Å². The van der Waals surface area contributed by atoms with Gasteiger partial charge in [-0.1, -0.05) is 0 Å². The molecular formula is C6H16NO8PS. The van der Waals surface area contributed by atoms with Crippen LogP contribution in [0.4, 0.5) is 0 Å². The van der Waals surface area contributed by atoms with E-state index in [1.807, 2.05) is 4.90 Å². The van der Waals surface area contributed by atoms with Gasteiger partial charge in [0.1, 0.15) is 0 Å². The summed E-state index contributed by atoms with van der Waals surface area (Å²) in [6.07, 6.45) is 0. The van der Waals surface area contributed by atoms with Gasteiger partial charge in [0.05, 0.1) is 19.0 Å². The quantitative estimate of drug-likeness (QED) is 0.352. The summed E-state index contributed by atoms with van der Waals surface area (Å²) in [5, 5.41) is 0. The second kappa shape index (κ2) is 7.39. The van der Waals surface area contributed by atoms with Gasteiger partial charge in [0, 0.05) is 19.6 Å². The van der Waals surface area contributed by atoms with Crippen LogP contribution in [0.3, 0.4) is 0 Å². The highest BCUT2D eigenvalue weighted by molar-refractivity contribution is 7.85. The van der Waals surface area contributed by atoms with E-state index in [1.54, 1.807) is 0 Å². The summed E-state index contributed by atoms with van der Waals surface area (Å²) in [5.74, 6) is -0.188. The second-order valence-corrected chi connectivity index (χ2v) is 5.85. The molecule has 1 rings (SSSR count). The van der Waals surface area contributed by atoms with E-state index >= 15 is 0 Å². The molecule has 0 amide bonds. The van der Waals surface area contributed by atoms with E-state index in [1.165, 1.54) is 0 Å². The number of rotatable bonds is 3. The zero-order valence-corrected chi connectivity index (χ0v) is 10.7. The number of hydrogen-bond donors (Lipinski definition) is 4. The van der Waals surface area contributed by atoms with Crippen LogP contribution in [0.5, 0.6) is 0 Å². The molecule has 1 fully saturated rings. The third-order valence-electron chi connectivity index (χ3n) is 1.77. The number of ether oxygens (including phenoxy) is 1. The number of nitrogens with zero attached hydrogens (tertiary/aromatic N) is 1. The highest BCUT2D eigenvalue weighted by Gasteiger charge is 2.13. The van der Waals surface area contributed by atoms with Crippen molar-refractivity contribution in [3.05, 3.63) is 0 Å². The topological polar surface area (TPSA) is 145 Å². The van der Waals surface area contributed by atoms with Gasteiger partial charge in [-0.3, -0.25) is 9.45 Å². The number of phosphoric acid groups is 1. The molecule has 0 aromatic rings.